The number of hydrogen-bond donors (Lipinski definition) is 14. The molecule has 0 spiro atoms. The van der Waals surface area contributed by atoms with Crippen LogP contribution in [0, 0.1) is 0 Å². The van der Waals surface area contributed by atoms with E-state index < -0.39 is 148 Å². The first kappa shape index (κ1) is 78.0. The van der Waals surface area contributed by atoms with Crippen LogP contribution in [0.5, 0.6) is 0 Å². The van der Waals surface area contributed by atoms with Gasteiger partial charge in [-0.3, -0.25) is 9.59 Å². The quantitative estimate of drug-likeness (QED) is 0.0358. The maximum Gasteiger partial charge on any atom is 0.364 e. The van der Waals surface area contributed by atoms with Gasteiger partial charge in [0.15, 0.2) is 12.6 Å². The number of carboxylic acids is 1. The zero-order chi connectivity index (χ0) is 63.3. The van der Waals surface area contributed by atoms with Crippen LogP contribution in [0.3, 0.4) is 0 Å². The molecule has 0 saturated carbocycles. The Morgan fingerprint density at radius 3 is 1.45 bits per heavy atom. The Labute approximate surface area is 512 Å². The molecule has 86 heavy (non-hydrogen) atoms. The van der Waals surface area contributed by atoms with Gasteiger partial charge in [-0.15, -0.1) is 0 Å². The molecule has 506 valence electrons. The van der Waals surface area contributed by atoms with Crippen molar-refractivity contribution in [3.05, 3.63) is 0 Å². The van der Waals surface area contributed by atoms with Crippen molar-refractivity contribution in [1.29, 1.82) is 0 Å². The van der Waals surface area contributed by atoms with Gasteiger partial charge in [0.25, 0.3) is 5.79 Å². The molecule has 0 bridgehead atoms. The Hall–Kier alpha value is -2.27. The molecular weight excluding hydrogens is 1120 g/mol. The lowest BCUT2D eigenvalue weighted by molar-refractivity contribution is -0.386. The van der Waals surface area contributed by atoms with E-state index in [4.69, 9.17) is 28.4 Å². The average Bonchev–Trinajstić information content (AvgIpc) is 0.932. The van der Waals surface area contributed by atoms with E-state index in [1.54, 1.807) is 0 Å². The van der Waals surface area contributed by atoms with Crippen LogP contribution in [0.15, 0.2) is 0 Å². The van der Waals surface area contributed by atoms with E-state index in [9.17, 15) is 75.7 Å². The van der Waals surface area contributed by atoms with Gasteiger partial charge in [-0.05, 0) is 12.8 Å². The predicted octanol–water partition coefficient (Wildman–Crippen LogP) is 4.95. The number of amides is 2. The van der Waals surface area contributed by atoms with Gasteiger partial charge in [-0.2, -0.15) is 0 Å². The zero-order valence-corrected chi connectivity index (χ0v) is 52.4. The van der Waals surface area contributed by atoms with Crippen molar-refractivity contribution in [1.82, 2.24) is 10.6 Å². The van der Waals surface area contributed by atoms with E-state index in [1.807, 2.05) is 0 Å². The van der Waals surface area contributed by atoms with Gasteiger partial charge in [0.1, 0.15) is 67.1 Å². The number of ether oxygens (including phenoxy) is 6. The average molecular weight is 1240 g/mol. The molecule has 0 aliphatic carbocycles. The largest absolute Gasteiger partial charge is 0.477 e. The summed E-state index contributed by atoms with van der Waals surface area (Å²) < 4.78 is 34.8. The normalized spacial score (nSPS) is 29.3. The third kappa shape index (κ3) is 28.1. The Balaban J connectivity index is 1.59. The smallest absolute Gasteiger partial charge is 0.364 e. The van der Waals surface area contributed by atoms with Crippen molar-refractivity contribution in [3.63, 3.8) is 0 Å². The van der Waals surface area contributed by atoms with Crippen LogP contribution in [-0.4, -0.2) is 215 Å². The molecule has 0 aromatic heterocycles. The first-order valence-electron chi connectivity index (χ1n) is 33.4. The first-order chi connectivity index (χ1) is 41.4. The number of aliphatic hydroxyl groups is 11. The van der Waals surface area contributed by atoms with E-state index >= 15 is 0 Å². The summed E-state index contributed by atoms with van der Waals surface area (Å²) in [7, 11) is 0. The topological polar surface area (TPSA) is 373 Å². The van der Waals surface area contributed by atoms with Crippen LogP contribution in [0.25, 0.3) is 0 Å². The molecule has 3 saturated heterocycles. The fourth-order valence-corrected chi connectivity index (χ4v) is 11.9. The number of aliphatic hydroxyl groups excluding tert-OH is 11. The molecule has 3 heterocycles. The predicted molar refractivity (Wildman–Crippen MR) is 320 cm³/mol. The summed E-state index contributed by atoms with van der Waals surface area (Å²) in [6.45, 7) is 2.20. The fraction of sp³-hybridized carbons (Fsp3) is 0.952. The molecule has 3 aliphatic rings. The molecule has 3 fully saturated rings. The minimum atomic E-state index is -3.08. The van der Waals surface area contributed by atoms with Crippen molar-refractivity contribution in [2.75, 3.05) is 26.4 Å². The fourth-order valence-electron chi connectivity index (χ4n) is 11.9. The third-order valence-electron chi connectivity index (χ3n) is 17.3. The van der Waals surface area contributed by atoms with E-state index in [2.05, 4.69) is 24.5 Å². The van der Waals surface area contributed by atoms with E-state index in [1.165, 1.54) is 148 Å². The SMILES string of the molecule is CCCCCCCCCCCCCCCCCCCCCCC(=O)NC(COC1OC(CO)C(OC2OC(CO)C(O)C(OC3(C(=O)O)CC(O)C(NC(C)=O)C(C(O)C(O)CO)O3)C2O)C(O)C1O)C(O)CCCCCCCCCCCCCC. The molecule has 14 N–H and O–H groups in total. The van der Waals surface area contributed by atoms with E-state index in [0.717, 1.165) is 51.9 Å². The number of carbonyl (C=O) groups excluding carboxylic acids is 2. The Bertz CT molecular complexity index is 1760. The van der Waals surface area contributed by atoms with Crippen molar-refractivity contribution in [2.45, 2.75) is 355 Å². The van der Waals surface area contributed by atoms with Crippen LogP contribution >= 0.6 is 0 Å². The summed E-state index contributed by atoms with van der Waals surface area (Å²) in [5, 5.41) is 136. The molecule has 18 unspecified atom stereocenters. The van der Waals surface area contributed by atoms with E-state index in [0.29, 0.717) is 19.3 Å². The lowest BCUT2D eigenvalue weighted by Gasteiger charge is -2.50. The van der Waals surface area contributed by atoms with Crippen molar-refractivity contribution >= 4 is 17.8 Å². The van der Waals surface area contributed by atoms with Crippen LogP contribution in [0.1, 0.15) is 245 Å². The molecule has 2 amide bonds. The minimum absolute atomic E-state index is 0.229. The first-order valence-corrected chi connectivity index (χ1v) is 33.4. The number of rotatable bonds is 50. The number of aliphatic carboxylic acids is 1. The van der Waals surface area contributed by atoms with Gasteiger partial charge in [-0.1, -0.05) is 213 Å². The van der Waals surface area contributed by atoms with E-state index in [-0.39, 0.29) is 18.9 Å². The second kappa shape index (κ2) is 45.1. The molecule has 23 heteroatoms. The second-order valence-corrected chi connectivity index (χ2v) is 24.7. The molecule has 0 aromatic carbocycles. The summed E-state index contributed by atoms with van der Waals surface area (Å²) in [4.78, 5) is 38.5. The summed E-state index contributed by atoms with van der Waals surface area (Å²) in [5.74, 6) is -6.09. The highest BCUT2D eigenvalue weighted by Gasteiger charge is 2.60. The summed E-state index contributed by atoms with van der Waals surface area (Å²) in [5.41, 5.74) is 0. The molecule has 3 rings (SSSR count). The van der Waals surface area contributed by atoms with Crippen LogP contribution in [0.4, 0.5) is 0 Å². The highest BCUT2D eigenvalue weighted by Crippen LogP contribution is 2.39. The molecule has 0 radical (unpaired) electrons. The Morgan fingerprint density at radius 2 is 1.01 bits per heavy atom. The van der Waals surface area contributed by atoms with Crippen LogP contribution in [0.2, 0.25) is 0 Å². The highest BCUT2D eigenvalue weighted by molar-refractivity contribution is 5.77. The van der Waals surface area contributed by atoms with Gasteiger partial charge in [-0.25, -0.2) is 4.79 Å². The van der Waals surface area contributed by atoms with Crippen molar-refractivity contribution in [3.8, 4) is 0 Å². The molecule has 0 aromatic rings. The summed E-state index contributed by atoms with van der Waals surface area (Å²) in [6, 6.07) is -2.52. The van der Waals surface area contributed by atoms with Gasteiger partial charge in [0.2, 0.25) is 11.8 Å². The lowest BCUT2D eigenvalue weighted by Crippen LogP contribution is -2.70. The summed E-state index contributed by atoms with van der Waals surface area (Å²) >= 11 is 0. The monoisotopic (exact) mass is 1240 g/mol. The Kier molecular flexibility index (Phi) is 40.9. The van der Waals surface area contributed by atoms with Crippen molar-refractivity contribution < 1.29 is 104 Å². The maximum absolute atomic E-state index is 13.4. The number of carboxylic acid groups (broad SMARTS) is 1. The molecule has 23 nitrogen and oxygen atoms in total. The molecule has 18 atom stereocenters. The zero-order valence-electron chi connectivity index (χ0n) is 52.4. The summed E-state index contributed by atoms with van der Waals surface area (Å²) in [6.07, 6.45) is 9.77. The highest BCUT2D eigenvalue weighted by atomic mass is 16.8. The van der Waals surface area contributed by atoms with Gasteiger partial charge >= 0.3 is 5.97 Å². The number of nitrogens with one attached hydrogen (secondary N) is 2. The Morgan fingerprint density at radius 1 is 0.558 bits per heavy atom. The third-order valence-corrected chi connectivity index (χ3v) is 17.3. The molecule has 3 aliphatic heterocycles. The van der Waals surface area contributed by atoms with Gasteiger partial charge < -0.3 is 100 Å². The number of carbonyl (C=O) groups is 3. The second-order valence-electron chi connectivity index (χ2n) is 24.7. The number of hydrogen-bond acceptors (Lipinski definition) is 20. The standard InChI is InChI=1S/C63H118N2O21/c1-4-6-8-10-12-14-16-18-19-20-21-22-23-24-25-27-29-31-33-35-37-50(73)65-44(45(70)36-34-32-30-28-26-17-15-13-11-9-7-5-2)42-81-60-55(77)54(76)57(49(41-68)83-60)84-61-56(78)59(53(75)48(40-67)82-61)86-63(62(79)80)38-46(71)51(64-43(3)69)58(85-63)52(74)47(72)39-66/h44-49,51-61,66-68,70-72,74-78H,4-42H2,1-3H3,(H,64,69)(H,65,73)(H,79,80). The lowest BCUT2D eigenvalue weighted by atomic mass is 9.88. The minimum Gasteiger partial charge on any atom is -0.477 e. The van der Waals surface area contributed by atoms with Crippen molar-refractivity contribution in [2.24, 2.45) is 0 Å². The maximum atomic E-state index is 13.4. The van der Waals surface area contributed by atoms with Gasteiger partial charge in [0, 0.05) is 19.8 Å². The number of unbranched alkanes of at least 4 members (excludes halogenated alkanes) is 30. The molecular formula is C63H118N2O21. The van der Waals surface area contributed by atoms with Crippen LogP contribution < -0.4 is 10.6 Å². The van der Waals surface area contributed by atoms with Crippen LogP contribution in [-0.2, 0) is 42.8 Å². The van der Waals surface area contributed by atoms with Gasteiger partial charge in [0.05, 0.1) is 50.7 Å².